The van der Waals surface area contributed by atoms with Gasteiger partial charge in [-0.1, -0.05) is 59.6 Å². The molecule has 52 heavy (non-hydrogen) atoms. The molecule has 4 aromatic rings. The number of hydrogen-bond acceptors (Lipinski definition) is 12. The number of nitrogens with zero attached hydrogens (tertiary/aromatic N) is 6. The first-order chi connectivity index (χ1) is 24.8. The van der Waals surface area contributed by atoms with Crippen LogP contribution in [-0.2, 0) is 33.1 Å². The van der Waals surface area contributed by atoms with E-state index in [0.717, 1.165) is 0 Å². The molecule has 2 saturated heterocycles. The van der Waals surface area contributed by atoms with E-state index in [4.69, 9.17) is 42.6 Å². The average Bonchev–Trinajstić information content (AvgIpc) is 3.06. The molecule has 0 radical (unpaired) electrons. The van der Waals surface area contributed by atoms with Gasteiger partial charge in [0.25, 0.3) is 0 Å². The molecule has 2 aliphatic rings. The van der Waals surface area contributed by atoms with Crippen LogP contribution >= 0.6 is 23.2 Å². The summed E-state index contributed by atoms with van der Waals surface area (Å²) in [6.07, 6.45) is 5.73. The van der Waals surface area contributed by atoms with Crippen molar-refractivity contribution in [3.63, 3.8) is 0 Å². The number of benzene rings is 2. The van der Waals surface area contributed by atoms with E-state index in [1.807, 2.05) is 36.4 Å². The molecular formula is C34H40Cl2N8O6S2. The van der Waals surface area contributed by atoms with Crippen LogP contribution in [0.25, 0.3) is 33.6 Å². The molecule has 0 aliphatic carbocycles. The van der Waals surface area contributed by atoms with Gasteiger partial charge in [0, 0.05) is 74.6 Å². The Morgan fingerprint density at radius 2 is 1.04 bits per heavy atom. The molecule has 2 aromatic heterocycles. The first-order valence-electron chi connectivity index (χ1n) is 16.5. The lowest BCUT2D eigenvalue weighted by atomic mass is 9.98. The third kappa shape index (κ3) is 8.50. The summed E-state index contributed by atoms with van der Waals surface area (Å²) in [5, 5.41) is 7.51. The van der Waals surface area contributed by atoms with Crippen molar-refractivity contribution in [1.82, 2.24) is 39.2 Å². The fraction of sp³-hybridized carbons (Fsp3) is 0.412. The van der Waals surface area contributed by atoms with Crippen molar-refractivity contribution in [3.05, 3.63) is 70.2 Å². The van der Waals surface area contributed by atoms with E-state index in [0.29, 0.717) is 119 Å². The Morgan fingerprint density at radius 3 is 1.38 bits per heavy atom. The fourth-order valence-electron chi connectivity index (χ4n) is 6.13. The topological polar surface area (TPSA) is 169 Å². The summed E-state index contributed by atoms with van der Waals surface area (Å²) in [6.45, 7) is 4.08. The van der Waals surface area contributed by atoms with Crippen LogP contribution in [0.3, 0.4) is 0 Å². The van der Waals surface area contributed by atoms with Gasteiger partial charge < -0.3 is 20.1 Å². The maximum Gasteiger partial charge on any atom is 0.237 e. The summed E-state index contributed by atoms with van der Waals surface area (Å²) in [6, 6.07) is 11.2. The zero-order chi connectivity index (χ0) is 37.2. The molecule has 14 nitrogen and oxygen atoms in total. The minimum absolute atomic E-state index is 0.234. The van der Waals surface area contributed by atoms with E-state index in [1.165, 1.54) is 35.3 Å². The number of rotatable bonds is 15. The van der Waals surface area contributed by atoms with Gasteiger partial charge in [-0.2, -0.15) is 0 Å². The lowest BCUT2D eigenvalue weighted by molar-refractivity contribution is 0.196. The lowest BCUT2D eigenvalue weighted by Crippen LogP contribution is -2.52. The van der Waals surface area contributed by atoms with E-state index in [9.17, 15) is 16.8 Å². The van der Waals surface area contributed by atoms with Crippen LogP contribution < -0.4 is 20.1 Å². The van der Waals surface area contributed by atoms with Gasteiger partial charge in [-0.3, -0.25) is 9.97 Å². The zero-order valence-corrected chi connectivity index (χ0v) is 32.3. The Morgan fingerprint density at radius 1 is 0.673 bits per heavy atom. The van der Waals surface area contributed by atoms with Gasteiger partial charge >= 0.3 is 0 Å². The number of nitrogens with one attached hydrogen (secondary N) is 2. The number of methoxy groups -OCH3 is 2. The molecular weight excluding hydrogens is 751 g/mol. The van der Waals surface area contributed by atoms with Gasteiger partial charge in [-0.25, -0.2) is 35.4 Å². The second-order valence-electron chi connectivity index (χ2n) is 12.9. The van der Waals surface area contributed by atoms with Gasteiger partial charge in [-0.15, -0.1) is 0 Å². The van der Waals surface area contributed by atoms with E-state index in [-0.39, 0.29) is 11.8 Å². The van der Waals surface area contributed by atoms with Crippen molar-refractivity contribution >= 4 is 43.2 Å². The molecule has 2 aliphatic heterocycles. The lowest BCUT2D eigenvalue weighted by Gasteiger charge is -2.37. The summed E-state index contributed by atoms with van der Waals surface area (Å²) >= 11 is 14.1. The summed E-state index contributed by atoms with van der Waals surface area (Å²) in [4.78, 5) is 18.6. The van der Waals surface area contributed by atoms with Gasteiger partial charge in [-0.05, 0) is 11.8 Å². The van der Waals surface area contributed by atoms with Crippen molar-refractivity contribution in [3.8, 4) is 45.4 Å². The smallest absolute Gasteiger partial charge is 0.237 e. The highest BCUT2D eigenvalue weighted by Crippen LogP contribution is 2.42. The molecule has 4 heterocycles. The largest absolute Gasteiger partial charge is 0.480 e. The molecule has 2 N–H and O–H groups in total. The molecule has 18 heteroatoms. The molecule has 0 spiro atoms. The van der Waals surface area contributed by atoms with Crippen LogP contribution in [0.2, 0.25) is 10.0 Å². The summed E-state index contributed by atoms with van der Waals surface area (Å²) < 4.78 is 60.6. The number of hydrogen-bond donors (Lipinski definition) is 2. The maximum absolute atomic E-state index is 11.6. The summed E-state index contributed by atoms with van der Waals surface area (Å²) in [5.41, 5.74) is 4.94. The second kappa shape index (κ2) is 15.9. The molecule has 0 atom stereocenters. The van der Waals surface area contributed by atoms with Gasteiger partial charge in [0.05, 0.1) is 60.6 Å². The molecule has 2 fully saturated rings. The second-order valence-corrected chi connectivity index (χ2v) is 17.6. The Hall–Kier alpha value is -3.48. The molecule has 0 saturated carbocycles. The summed E-state index contributed by atoms with van der Waals surface area (Å²) in [7, 11) is -3.24. The van der Waals surface area contributed by atoms with Gasteiger partial charge in [0.15, 0.2) is 0 Å². The highest BCUT2D eigenvalue weighted by Gasteiger charge is 2.33. The predicted molar refractivity (Wildman–Crippen MR) is 200 cm³/mol. The third-order valence-electron chi connectivity index (χ3n) is 9.09. The highest BCUT2D eigenvalue weighted by atomic mass is 35.5. The van der Waals surface area contributed by atoms with Crippen molar-refractivity contribution < 1.29 is 26.3 Å². The van der Waals surface area contributed by atoms with Gasteiger partial charge in [0.2, 0.25) is 31.8 Å². The minimum atomic E-state index is -3.15. The number of sulfonamides is 2. The van der Waals surface area contributed by atoms with E-state index in [2.05, 4.69) is 20.6 Å². The predicted octanol–water partition coefficient (Wildman–Crippen LogP) is 3.55. The molecule has 2 aromatic carbocycles. The minimum Gasteiger partial charge on any atom is -0.480 e. The first-order valence-corrected chi connectivity index (χ1v) is 20.9. The standard InChI is InChI=1S/C34H40Cl2N8O6S2/c1-49-33-29(13-37-11-21-17-43(18-21)51(3,45)46)39-15-27(41-33)25-9-5-7-23(31(25)35)24-8-6-10-26(32(24)36)28-16-40-30(34(42-28)50-2)14-38-12-22-19-44(20-22)52(4,47)48/h5-10,15-16,21-22,37-38H,11-14,17-20H2,1-4H3. The van der Waals surface area contributed by atoms with E-state index in [1.54, 1.807) is 12.4 Å². The van der Waals surface area contributed by atoms with Crippen LogP contribution in [0.1, 0.15) is 11.4 Å². The number of halogens is 2. The van der Waals surface area contributed by atoms with Crippen LogP contribution in [-0.4, -0.2) is 111 Å². The first kappa shape index (κ1) is 38.3. The van der Waals surface area contributed by atoms with Crippen molar-refractivity contribution in [2.45, 2.75) is 13.1 Å². The Labute approximate surface area is 314 Å². The van der Waals surface area contributed by atoms with Crippen molar-refractivity contribution in [1.29, 1.82) is 0 Å². The van der Waals surface area contributed by atoms with Crippen molar-refractivity contribution in [2.24, 2.45) is 11.8 Å². The Balaban J connectivity index is 1.15. The normalized spacial score (nSPS) is 16.0. The van der Waals surface area contributed by atoms with E-state index >= 15 is 0 Å². The third-order valence-corrected chi connectivity index (χ3v) is 12.4. The van der Waals surface area contributed by atoms with Crippen LogP contribution in [0, 0.1) is 11.8 Å². The highest BCUT2D eigenvalue weighted by molar-refractivity contribution is 7.88. The average molecular weight is 792 g/mol. The monoisotopic (exact) mass is 790 g/mol. The molecule has 0 amide bonds. The Kier molecular flexibility index (Phi) is 11.7. The van der Waals surface area contributed by atoms with Crippen molar-refractivity contribution in [2.75, 3.05) is 66.0 Å². The molecule has 278 valence electrons. The van der Waals surface area contributed by atoms with E-state index < -0.39 is 20.0 Å². The number of ether oxygens (including phenoxy) is 2. The number of aromatic nitrogens is 4. The fourth-order valence-corrected chi connectivity index (χ4v) is 8.71. The Bertz CT molecular complexity index is 2010. The van der Waals surface area contributed by atoms with Gasteiger partial charge in [0.1, 0.15) is 11.4 Å². The summed E-state index contributed by atoms with van der Waals surface area (Å²) in [5.74, 6) is 1.17. The van der Waals surface area contributed by atoms with Crippen LogP contribution in [0.4, 0.5) is 0 Å². The van der Waals surface area contributed by atoms with Crippen LogP contribution in [0.5, 0.6) is 11.8 Å². The molecule has 0 unspecified atom stereocenters. The zero-order valence-electron chi connectivity index (χ0n) is 29.1. The SMILES string of the molecule is COc1nc(-c2cccc(-c3cccc(-c4cnc(CNCC5CN(S(C)(=O)=O)C5)c(OC)n4)c3Cl)c2Cl)cnc1CNCC1CN(S(C)(=O)=O)C1. The molecule has 0 bridgehead atoms. The van der Waals surface area contributed by atoms with Crippen LogP contribution in [0.15, 0.2) is 48.8 Å². The maximum atomic E-state index is 11.6. The molecule has 6 rings (SSSR count). The quantitative estimate of drug-likeness (QED) is 0.180.